The third kappa shape index (κ3) is 3.14. The summed E-state index contributed by atoms with van der Waals surface area (Å²) < 4.78 is 16.3. The van der Waals surface area contributed by atoms with Crippen molar-refractivity contribution in [2.24, 2.45) is 5.84 Å². The van der Waals surface area contributed by atoms with Crippen LogP contribution < -0.4 is 25.5 Å². The molecule has 0 aromatic heterocycles. The van der Waals surface area contributed by atoms with Gasteiger partial charge in [0.25, 0.3) is 0 Å². The molecule has 0 fully saturated rings. The fourth-order valence-electron chi connectivity index (χ4n) is 2.87. The van der Waals surface area contributed by atoms with E-state index in [0.29, 0.717) is 17.2 Å². The Balaban J connectivity index is 2.48. The molecular formula is C16H24N2O3. The van der Waals surface area contributed by atoms with Gasteiger partial charge in [-0.1, -0.05) is 11.6 Å². The first-order valence-corrected chi connectivity index (χ1v) is 7.20. The first kappa shape index (κ1) is 15.7. The molecule has 3 N–H and O–H groups in total. The van der Waals surface area contributed by atoms with Crippen molar-refractivity contribution in [1.82, 2.24) is 5.43 Å². The summed E-state index contributed by atoms with van der Waals surface area (Å²) in [4.78, 5) is 0. The minimum atomic E-state index is -0.0694. The van der Waals surface area contributed by atoms with Gasteiger partial charge in [0.15, 0.2) is 11.5 Å². The number of methoxy groups -OCH3 is 3. The van der Waals surface area contributed by atoms with Gasteiger partial charge < -0.3 is 14.2 Å². The van der Waals surface area contributed by atoms with E-state index < -0.39 is 0 Å². The molecule has 5 nitrogen and oxygen atoms in total. The number of ether oxygens (including phenoxy) is 3. The van der Waals surface area contributed by atoms with Crippen LogP contribution in [0, 0.1) is 0 Å². The Kier molecular flexibility index (Phi) is 5.47. The second-order valence-corrected chi connectivity index (χ2v) is 5.05. The summed E-state index contributed by atoms with van der Waals surface area (Å²) in [5, 5.41) is 0. The van der Waals surface area contributed by atoms with Crippen LogP contribution in [0.15, 0.2) is 23.8 Å². The topological polar surface area (TPSA) is 65.7 Å². The zero-order valence-electron chi connectivity index (χ0n) is 12.9. The molecule has 1 aromatic carbocycles. The highest BCUT2D eigenvalue weighted by Crippen LogP contribution is 2.44. The summed E-state index contributed by atoms with van der Waals surface area (Å²) in [6, 6.07) is 3.78. The van der Waals surface area contributed by atoms with Crippen molar-refractivity contribution in [3.05, 3.63) is 29.3 Å². The lowest BCUT2D eigenvalue weighted by Crippen LogP contribution is -2.30. The molecular weight excluding hydrogens is 268 g/mol. The second kappa shape index (κ2) is 7.33. The Morgan fingerprint density at radius 3 is 2.33 bits per heavy atom. The van der Waals surface area contributed by atoms with Crippen LogP contribution in [0.2, 0.25) is 0 Å². The van der Waals surface area contributed by atoms with Gasteiger partial charge in [0, 0.05) is 5.56 Å². The highest BCUT2D eigenvalue weighted by atomic mass is 16.5. The van der Waals surface area contributed by atoms with E-state index in [2.05, 4.69) is 11.5 Å². The molecule has 0 spiro atoms. The first-order chi connectivity index (χ1) is 10.3. The van der Waals surface area contributed by atoms with Gasteiger partial charge in [-0.3, -0.25) is 5.84 Å². The number of hydrogen-bond acceptors (Lipinski definition) is 5. The van der Waals surface area contributed by atoms with Gasteiger partial charge in [-0.2, -0.15) is 0 Å². The van der Waals surface area contributed by atoms with Gasteiger partial charge in [0.1, 0.15) is 0 Å². The van der Waals surface area contributed by atoms with Crippen LogP contribution in [-0.2, 0) is 0 Å². The Bertz CT molecular complexity index is 514. The van der Waals surface area contributed by atoms with Crippen LogP contribution >= 0.6 is 0 Å². The summed E-state index contributed by atoms with van der Waals surface area (Å²) in [6.45, 7) is 0. The number of hydrogen-bond donors (Lipinski definition) is 2. The average molecular weight is 292 g/mol. The van der Waals surface area contributed by atoms with Crippen molar-refractivity contribution in [3.63, 3.8) is 0 Å². The zero-order valence-corrected chi connectivity index (χ0v) is 12.9. The number of allylic oxidation sites excluding steroid dienone is 1. The zero-order chi connectivity index (χ0) is 15.2. The lowest BCUT2D eigenvalue weighted by Gasteiger charge is -2.25. The van der Waals surface area contributed by atoms with Crippen LogP contribution in [0.25, 0.3) is 0 Å². The summed E-state index contributed by atoms with van der Waals surface area (Å²) in [5.41, 5.74) is 5.17. The van der Waals surface area contributed by atoms with E-state index in [1.165, 1.54) is 18.4 Å². The molecule has 1 unspecified atom stereocenters. The molecule has 116 valence electrons. The molecule has 1 aliphatic carbocycles. The fourth-order valence-corrected chi connectivity index (χ4v) is 2.87. The number of nitrogens with two attached hydrogens (primary N) is 1. The quantitative estimate of drug-likeness (QED) is 0.479. The van der Waals surface area contributed by atoms with E-state index in [-0.39, 0.29) is 6.04 Å². The van der Waals surface area contributed by atoms with E-state index in [1.807, 2.05) is 12.1 Å². The largest absolute Gasteiger partial charge is 0.493 e. The van der Waals surface area contributed by atoms with Crippen LogP contribution in [-0.4, -0.2) is 21.3 Å². The normalized spacial score (nSPS) is 16.1. The lowest BCUT2D eigenvalue weighted by molar-refractivity contribution is 0.320. The smallest absolute Gasteiger partial charge is 0.203 e. The number of hydrazine groups is 1. The number of benzene rings is 1. The number of nitrogens with one attached hydrogen (secondary N) is 1. The van der Waals surface area contributed by atoms with E-state index in [9.17, 15) is 0 Å². The molecule has 0 aliphatic heterocycles. The van der Waals surface area contributed by atoms with Crippen molar-refractivity contribution in [2.45, 2.75) is 31.7 Å². The van der Waals surface area contributed by atoms with Crippen molar-refractivity contribution in [2.75, 3.05) is 21.3 Å². The molecule has 0 saturated carbocycles. The van der Waals surface area contributed by atoms with Gasteiger partial charge in [-0.25, -0.2) is 5.43 Å². The molecule has 1 aliphatic rings. The van der Waals surface area contributed by atoms with Gasteiger partial charge in [0.05, 0.1) is 27.4 Å². The predicted molar refractivity (Wildman–Crippen MR) is 82.7 cm³/mol. The molecule has 0 bridgehead atoms. The second-order valence-electron chi connectivity index (χ2n) is 5.05. The van der Waals surface area contributed by atoms with Crippen molar-refractivity contribution >= 4 is 0 Å². The molecule has 5 heteroatoms. The molecule has 0 amide bonds. The number of rotatable bonds is 6. The maximum absolute atomic E-state index is 5.80. The fraction of sp³-hybridized carbons (Fsp3) is 0.500. The van der Waals surface area contributed by atoms with E-state index in [0.717, 1.165) is 18.4 Å². The molecule has 0 saturated heterocycles. The highest BCUT2D eigenvalue weighted by molar-refractivity contribution is 5.57. The minimum absolute atomic E-state index is 0.0694. The van der Waals surface area contributed by atoms with E-state index >= 15 is 0 Å². The van der Waals surface area contributed by atoms with Crippen LogP contribution in [0.1, 0.15) is 37.3 Å². The van der Waals surface area contributed by atoms with Crippen LogP contribution in [0.3, 0.4) is 0 Å². The molecule has 2 rings (SSSR count). The Labute approximate surface area is 126 Å². The standard InChI is InChI=1S/C16H24N2O3/c1-19-13-10-9-12(15(20-2)16(13)21-3)14(18-17)11-7-5-4-6-8-11/h7,9-10,14,18H,4-6,8,17H2,1-3H3. The van der Waals surface area contributed by atoms with Gasteiger partial charge in [-0.15, -0.1) is 0 Å². The first-order valence-electron chi connectivity index (χ1n) is 7.20. The lowest BCUT2D eigenvalue weighted by atomic mass is 9.89. The van der Waals surface area contributed by atoms with Crippen LogP contribution in [0.4, 0.5) is 0 Å². The molecule has 21 heavy (non-hydrogen) atoms. The predicted octanol–water partition coefficient (Wildman–Crippen LogP) is 2.72. The SMILES string of the molecule is COc1ccc(C(NN)C2=CCCCC2)c(OC)c1OC. The van der Waals surface area contributed by atoms with E-state index in [1.54, 1.807) is 21.3 Å². The third-order valence-electron chi connectivity index (χ3n) is 3.91. The summed E-state index contributed by atoms with van der Waals surface area (Å²) >= 11 is 0. The summed E-state index contributed by atoms with van der Waals surface area (Å²) in [7, 11) is 4.85. The van der Waals surface area contributed by atoms with Crippen molar-refractivity contribution in [1.29, 1.82) is 0 Å². The maximum atomic E-state index is 5.80. The maximum Gasteiger partial charge on any atom is 0.203 e. The van der Waals surface area contributed by atoms with Gasteiger partial charge >= 0.3 is 0 Å². The molecule has 1 atom stereocenters. The van der Waals surface area contributed by atoms with Gasteiger partial charge in [0.2, 0.25) is 5.75 Å². The Morgan fingerprint density at radius 2 is 1.81 bits per heavy atom. The van der Waals surface area contributed by atoms with Crippen molar-refractivity contribution in [3.8, 4) is 17.2 Å². The van der Waals surface area contributed by atoms with Crippen molar-refractivity contribution < 1.29 is 14.2 Å². The summed E-state index contributed by atoms with van der Waals surface area (Å²) in [5.74, 6) is 7.70. The monoisotopic (exact) mass is 292 g/mol. The van der Waals surface area contributed by atoms with Crippen LogP contribution in [0.5, 0.6) is 17.2 Å². The molecule has 0 radical (unpaired) electrons. The average Bonchev–Trinajstić information content (AvgIpc) is 2.55. The van der Waals surface area contributed by atoms with Gasteiger partial charge in [-0.05, 0) is 37.8 Å². The summed E-state index contributed by atoms with van der Waals surface area (Å²) in [6.07, 6.45) is 6.85. The Hall–Kier alpha value is -1.72. The third-order valence-corrected chi connectivity index (χ3v) is 3.91. The Morgan fingerprint density at radius 1 is 1.05 bits per heavy atom. The highest BCUT2D eigenvalue weighted by Gasteiger charge is 2.24. The van der Waals surface area contributed by atoms with E-state index in [4.69, 9.17) is 20.1 Å². The molecule has 0 heterocycles. The minimum Gasteiger partial charge on any atom is -0.493 e. The molecule has 1 aromatic rings.